The van der Waals surface area contributed by atoms with Crippen LogP contribution in [0.5, 0.6) is 0 Å². The summed E-state index contributed by atoms with van der Waals surface area (Å²) in [4.78, 5) is 1.50. The molecule has 2 rings (SSSR count). The zero-order chi connectivity index (χ0) is 17.6. The van der Waals surface area contributed by atoms with Gasteiger partial charge in [-0.3, -0.25) is 4.57 Å². The molecule has 0 aromatic carbocycles. The molecule has 2 heterocycles. The summed E-state index contributed by atoms with van der Waals surface area (Å²) in [5.41, 5.74) is -1.41. The van der Waals surface area contributed by atoms with E-state index in [9.17, 15) is 34.8 Å². The third kappa shape index (κ3) is 4.34. The minimum absolute atomic E-state index is 0. The summed E-state index contributed by atoms with van der Waals surface area (Å²) < 4.78 is 100. The topological polar surface area (TPSA) is 52.0 Å². The van der Waals surface area contributed by atoms with Crippen LogP contribution in [0.4, 0.5) is 26.3 Å². The molecule has 4 nitrogen and oxygen atoms in total. The van der Waals surface area contributed by atoms with E-state index in [0.29, 0.717) is 23.0 Å². The number of sulfone groups is 1. The Labute approximate surface area is 160 Å². The smallest absolute Gasteiger partial charge is 1.00 e. The fourth-order valence-electron chi connectivity index (χ4n) is 1.66. The molecule has 0 aliphatic rings. The Hall–Kier alpha value is -0.560. The summed E-state index contributed by atoms with van der Waals surface area (Å²) in [5.74, 6) is -0.444. The predicted molar refractivity (Wildman–Crippen MR) is 70.3 cm³/mol. The van der Waals surface area contributed by atoms with Crippen molar-refractivity contribution in [3.8, 4) is 5.13 Å². The number of hydrogen-bond acceptors (Lipinski definition) is 4. The Balaban J connectivity index is 0.00000288. The first-order valence-electron chi connectivity index (χ1n) is 5.92. The van der Waals surface area contributed by atoms with Crippen LogP contribution in [0, 0.1) is 0 Å². The van der Waals surface area contributed by atoms with Crippen molar-refractivity contribution in [3.05, 3.63) is 29.0 Å². The van der Waals surface area contributed by atoms with Crippen LogP contribution in [0.25, 0.3) is 5.13 Å². The molecule has 0 saturated carbocycles. The van der Waals surface area contributed by atoms with E-state index in [4.69, 9.17) is 0 Å². The van der Waals surface area contributed by atoms with Crippen molar-refractivity contribution in [2.75, 3.05) is 5.75 Å². The number of rotatable bonds is 3. The van der Waals surface area contributed by atoms with Crippen LogP contribution in [0.1, 0.15) is 18.9 Å². The van der Waals surface area contributed by atoms with E-state index >= 15 is 0 Å². The fraction of sp³-hybridized carbons (Fsp3) is 0.364. The van der Waals surface area contributed by atoms with Crippen molar-refractivity contribution in [1.29, 1.82) is 0 Å². The molecule has 0 unspecified atom stereocenters. The Bertz CT molecular complexity index is 828. The summed E-state index contributed by atoms with van der Waals surface area (Å²) in [6.45, 7) is 1.24. The minimum atomic E-state index is -4.95. The van der Waals surface area contributed by atoms with Gasteiger partial charge in [-0.25, -0.2) is 13.4 Å². The van der Waals surface area contributed by atoms with Gasteiger partial charge in [-0.05, 0) is 6.07 Å². The average molecular weight is 402 g/mol. The zero-order valence-corrected chi connectivity index (χ0v) is 15.9. The van der Waals surface area contributed by atoms with Crippen molar-refractivity contribution in [3.63, 3.8) is 0 Å². The van der Waals surface area contributed by atoms with Crippen LogP contribution in [0.15, 0.2) is 23.4 Å². The number of halogens is 6. The van der Waals surface area contributed by atoms with Gasteiger partial charge in [-0.2, -0.15) is 26.3 Å². The van der Waals surface area contributed by atoms with E-state index in [-0.39, 0.29) is 42.3 Å². The number of aromatic nitrogens is 2. The Morgan fingerprint density at radius 1 is 1.21 bits per heavy atom. The number of thiazole rings is 1. The third-order valence-corrected chi connectivity index (χ3v) is 5.55. The van der Waals surface area contributed by atoms with Crippen LogP contribution < -0.4 is 29.6 Å². The molecule has 0 fully saturated rings. The van der Waals surface area contributed by atoms with E-state index in [1.807, 2.05) is 0 Å². The van der Waals surface area contributed by atoms with Crippen molar-refractivity contribution < 1.29 is 65.7 Å². The molecular weight excluding hydrogens is 393 g/mol. The largest absolute Gasteiger partial charge is 1.00 e. The van der Waals surface area contributed by atoms with Gasteiger partial charge >= 0.3 is 41.9 Å². The van der Waals surface area contributed by atoms with Crippen LogP contribution in [-0.4, -0.2) is 23.7 Å². The summed E-state index contributed by atoms with van der Waals surface area (Å²) in [6.07, 6.45) is -8.68. The third-order valence-electron chi connectivity index (χ3n) is 2.80. The summed E-state index contributed by atoms with van der Waals surface area (Å²) >= 11 is -0.0132. The number of hydrogen-bond donors (Lipinski definition) is 0. The maximum absolute atomic E-state index is 13.0. The molecule has 0 radical (unpaired) electrons. The number of alkyl halides is 6. The van der Waals surface area contributed by atoms with Crippen molar-refractivity contribution in [1.82, 2.24) is 9.55 Å². The van der Waals surface area contributed by atoms with Gasteiger partial charge in [0, 0.05) is 6.20 Å². The van der Waals surface area contributed by atoms with Gasteiger partial charge in [0.1, 0.15) is 10.6 Å². The minimum Gasteiger partial charge on any atom is -1.00 e. The summed E-state index contributed by atoms with van der Waals surface area (Å²) in [7, 11) is -3.96. The molecular formula is C11H9F6N2NaO2S2. The Kier molecular flexibility index (Phi) is 6.25. The average Bonchev–Trinajstić information content (AvgIpc) is 3.03. The van der Waals surface area contributed by atoms with Gasteiger partial charge in [0.05, 0.1) is 16.8 Å². The number of nitrogens with zero attached hydrogens (tertiary/aromatic N) is 2. The molecule has 130 valence electrons. The van der Waals surface area contributed by atoms with Crippen molar-refractivity contribution >= 4 is 21.2 Å². The fourth-order valence-corrected chi connectivity index (χ4v) is 3.32. The molecule has 0 bridgehead atoms. The van der Waals surface area contributed by atoms with Crippen molar-refractivity contribution in [2.45, 2.75) is 24.2 Å². The van der Waals surface area contributed by atoms with Gasteiger partial charge in [0.25, 0.3) is 0 Å². The summed E-state index contributed by atoms with van der Waals surface area (Å²) in [5, 5.41) is -0.623. The molecule has 2 aromatic heterocycles. The van der Waals surface area contributed by atoms with E-state index < -0.39 is 48.5 Å². The Morgan fingerprint density at radius 2 is 1.79 bits per heavy atom. The molecule has 0 saturated heterocycles. The first kappa shape index (κ1) is 21.5. The standard InChI is InChI=1S/C11H8F6N2O2S2.Na.H/c1-2-23(20,21)6-3-7(10(12,13)14)19(5-6)9-18-4-8(22-9)11(15,16)17;;/h3-5H,2H2,1H3;;/q;+1;-1. The second-order valence-corrected chi connectivity index (χ2v) is 7.62. The molecule has 0 N–H and O–H groups in total. The van der Waals surface area contributed by atoms with Crippen LogP contribution in [0.2, 0.25) is 0 Å². The molecule has 0 spiro atoms. The molecule has 0 aliphatic carbocycles. The normalized spacial score (nSPS) is 13.0. The van der Waals surface area contributed by atoms with E-state index in [1.165, 1.54) is 6.92 Å². The van der Waals surface area contributed by atoms with Crippen LogP contribution in [0.3, 0.4) is 0 Å². The second kappa shape index (κ2) is 6.98. The van der Waals surface area contributed by atoms with Gasteiger partial charge in [-0.1, -0.05) is 18.3 Å². The van der Waals surface area contributed by atoms with E-state index in [0.717, 1.165) is 0 Å². The van der Waals surface area contributed by atoms with Gasteiger partial charge in [-0.15, -0.1) is 0 Å². The zero-order valence-electron chi connectivity index (χ0n) is 13.2. The predicted octanol–water partition coefficient (Wildman–Crippen LogP) is 0.881. The molecule has 0 aliphatic heterocycles. The van der Waals surface area contributed by atoms with Crippen LogP contribution in [-0.2, 0) is 22.2 Å². The van der Waals surface area contributed by atoms with Gasteiger partial charge < -0.3 is 1.43 Å². The maximum atomic E-state index is 13.0. The van der Waals surface area contributed by atoms with Gasteiger partial charge in [0.15, 0.2) is 15.0 Å². The maximum Gasteiger partial charge on any atom is 1.00 e. The van der Waals surface area contributed by atoms with Crippen molar-refractivity contribution in [2.24, 2.45) is 0 Å². The molecule has 0 atom stereocenters. The second-order valence-electron chi connectivity index (χ2n) is 4.34. The molecule has 24 heavy (non-hydrogen) atoms. The molecule has 2 aromatic rings. The van der Waals surface area contributed by atoms with Crippen LogP contribution >= 0.6 is 11.3 Å². The summed E-state index contributed by atoms with van der Waals surface area (Å²) in [6, 6.07) is 0.382. The quantitative estimate of drug-likeness (QED) is 0.566. The first-order valence-corrected chi connectivity index (χ1v) is 8.39. The van der Waals surface area contributed by atoms with Gasteiger partial charge in [0.2, 0.25) is 0 Å². The van der Waals surface area contributed by atoms with E-state index in [2.05, 4.69) is 4.98 Å². The molecule has 0 amide bonds. The SMILES string of the molecule is CCS(=O)(=O)c1cc(C(F)(F)F)n(-c2ncc(C(F)(F)F)s2)c1.[H-].[Na+]. The molecule has 13 heteroatoms. The Morgan fingerprint density at radius 3 is 2.21 bits per heavy atom. The van der Waals surface area contributed by atoms with E-state index in [1.54, 1.807) is 0 Å². The first-order chi connectivity index (χ1) is 10.4. The monoisotopic (exact) mass is 402 g/mol.